The highest BCUT2D eigenvalue weighted by molar-refractivity contribution is 6.00. The van der Waals surface area contributed by atoms with Crippen molar-refractivity contribution in [3.05, 3.63) is 96.8 Å². The Labute approximate surface area is 209 Å². The second-order valence-corrected chi connectivity index (χ2v) is 8.51. The Bertz CT molecular complexity index is 1520. The molecule has 0 radical (unpaired) electrons. The number of nitrogens with zero attached hydrogens (tertiary/aromatic N) is 6. The highest BCUT2D eigenvalue weighted by Crippen LogP contribution is 2.40. The van der Waals surface area contributed by atoms with Gasteiger partial charge in [0, 0.05) is 22.6 Å². The van der Waals surface area contributed by atoms with Crippen LogP contribution in [0.15, 0.2) is 101 Å². The number of amides is 1. The van der Waals surface area contributed by atoms with Gasteiger partial charge >= 0.3 is 5.95 Å². The van der Waals surface area contributed by atoms with E-state index in [9.17, 15) is 4.79 Å². The van der Waals surface area contributed by atoms with Crippen LogP contribution in [0.25, 0.3) is 22.2 Å². The summed E-state index contributed by atoms with van der Waals surface area (Å²) in [4.78, 5) is 11.5. The summed E-state index contributed by atoms with van der Waals surface area (Å²) in [5, 5.41) is 15.1. The molecule has 2 aromatic heterocycles. The van der Waals surface area contributed by atoms with Crippen molar-refractivity contribution in [2.45, 2.75) is 33.0 Å². The third kappa shape index (κ3) is 4.65. The van der Waals surface area contributed by atoms with Crippen LogP contribution in [0.5, 0.6) is 0 Å². The van der Waals surface area contributed by atoms with Gasteiger partial charge in [-0.15, -0.1) is 4.68 Å². The fraction of sp³-hybridized carbons (Fsp3) is 0.179. The van der Waals surface area contributed by atoms with E-state index >= 15 is 0 Å². The molecule has 0 saturated heterocycles. The summed E-state index contributed by atoms with van der Waals surface area (Å²) in [6.45, 7) is 3.83. The van der Waals surface area contributed by atoms with E-state index < -0.39 is 0 Å². The number of hydrogen-bond acceptors (Lipinski definition) is 4. The van der Waals surface area contributed by atoms with Gasteiger partial charge in [-0.25, -0.2) is 4.57 Å². The molecule has 8 heteroatoms. The molecule has 0 unspecified atom stereocenters. The highest BCUT2D eigenvalue weighted by atomic mass is 16.1. The molecule has 0 atom stereocenters. The number of rotatable bonds is 9. The topological polar surface area (TPSA) is 94.4 Å². The first kappa shape index (κ1) is 23.2. The predicted molar refractivity (Wildman–Crippen MR) is 139 cm³/mol. The van der Waals surface area contributed by atoms with Crippen LogP contribution in [0, 0.1) is 0 Å². The average molecular weight is 479 g/mol. The van der Waals surface area contributed by atoms with Crippen LogP contribution >= 0.6 is 0 Å². The van der Waals surface area contributed by atoms with Crippen LogP contribution in [0.2, 0.25) is 0 Å². The molecule has 5 rings (SSSR count). The molecule has 36 heavy (non-hydrogen) atoms. The lowest BCUT2D eigenvalue weighted by atomic mass is 10.1. The maximum Gasteiger partial charge on any atom is 0.404 e. The van der Waals surface area contributed by atoms with Crippen molar-refractivity contribution in [2.75, 3.05) is 0 Å². The molecule has 180 valence electrons. The summed E-state index contributed by atoms with van der Waals surface area (Å²) < 4.78 is 5.88. The summed E-state index contributed by atoms with van der Waals surface area (Å²) in [5.74, 6) is 0.172. The first-order chi connectivity index (χ1) is 17.7. The van der Waals surface area contributed by atoms with Crippen molar-refractivity contribution in [2.24, 2.45) is 16.0 Å². The van der Waals surface area contributed by atoms with E-state index in [2.05, 4.69) is 40.9 Å². The average Bonchev–Trinajstić information content (AvgIpc) is 3.44. The molecular weight excluding hydrogens is 450 g/mol. The van der Waals surface area contributed by atoms with E-state index in [1.807, 2.05) is 65.2 Å². The molecule has 2 N–H and O–H groups in total. The van der Waals surface area contributed by atoms with Gasteiger partial charge in [-0.05, 0) is 23.7 Å². The Balaban J connectivity index is 1.64. The van der Waals surface area contributed by atoms with Gasteiger partial charge in [-0.3, -0.25) is 4.79 Å². The summed E-state index contributed by atoms with van der Waals surface area (Å²) in [6, 6.07) is 28.5. The lowest BCUT2D eigenvalue weighted by Gasteiger charge is -2.08. The minimum Gasteiger partial charge on any atom is -0.370 e. The van der Waals surface area contributed by atoms with Gasteiger partial charge in [-0.1, -0.05) is 84.0 Å². The first-order valence-corrected chi connectivity index (χ1v) is 12.0. The number of carbonyl (C=O) groups excluding carboxylic acids is 1. The predicted octanol–water partition coefficient (Wildman–Crippen LogP) is 5.15. The van der Waals surface area contributed by atoms with Gasteiger partial charge in [0.15, 0.2) is 0 Å². The third-order valence-corrected chi connectivity index (χ3v) is 6.14. The van der Waals surface area contributed by atoms with Crippen LogP contribution in [-0.2, 0) is 24.4 Å². The molecule has 0 spiro atoms. The maximum absolute atomic E-state index is 11.5. The van der Waals surface area contributed by atoms with E-state index in [4.69, 9.17) is 16.0 Å². The second-order valence-electron chi connectivity index (χ2n) is 8.51. The summed E-state index contributed by atoms with van der Waals surface area (Å²) in [6.07, 6.45) is 1.86. The summed E-state index contributed by atoms with van der Waals surface area (Å²) >= 11 is 0. The van der Waals surface area contributed by atoms with Gasteiger partial charge in [0.05, 0.1) is 24.2 Å². The number of nitrogens with two attached hydrogens (primary N) is 1. The molecule has 3 aromatic carbocycles. The molecule has 2 heterocycles. The molecule has 8 nitrogen and oxygen atoms in total. The second kappa shape index (κ2) is 10.4. The highest BCUT2D eigenvalue weighted by Gasteiger charge is 2.22. The molecule has 0 fully saturated rings. The molecular formula is C28H28N7O+. The number of aromatic nitrogens is 4. The molecule has 0 bridgehead atoms. The Hall–Kier alpha value is -4.59. The SMILES string of the molecule is CCn1c(-c2ccccc2)c(N=Nc2n(Cc3ccccc3)nc[n+]2CCC(N)=O)c2ccccc21. The van der Waals surface area contributed by atoms with Crippen LogP contribution < -0.4 is 10.3 Å². The van der Waals surface area contributed by atoms with Crippen molar-refractivity contribution >= 4 is 28.4 Å². The Kier molecular flexibility index (Phi) is 6.66. The zero-order valence-corrected chi connectivity index (χ0v) is 20.2. The van der Waals surface area contributed by atoms with E-state index in [-0.39, 0.29) is 12.3 Å². The van der Waals surface area contributed by atoms with Crippen LogP contribution in [0.4, 0.5) is 11.6 Å². The molecule has 0 aliphatic rings. The Morgan fingerprint density at radius 1 is 0.944 bits per heavy atom. The smallest absolute Gasteiger partial charge is 0.370 e. The molecule has 0 aliphatic carbocycles. The number of benzene rings is 3. The number of aryl methyl sites for hydroxylation is 2. The van der Waals surface area contributed by atoms with E-state index in [0.29, 0.717) is 19.0 Å². The maximum atomic E-state index is 11.5. The van der Waals surface area contributed by atoms with E-state index in [1.54, 1.807) is 11.0 Å². The number of primary amides is 1. The zero-order valence-electron chi connectivity index (χ0n) is 20.2. The lowest BCUT2D eigenvalue weighted by molar-refractivity contribution is -0.683. The van der Waals surface area contributed by atoms with Crippen molar-refractivity contribution in [3.8, 4) is 11.3 Å². The minimum absolute atomic E-state index is 0.189. The Morgan fingerprint density at radius 3 is 2.36 bits per heavy atom. The monoisotopic (exact) mass is 478 g/mol. The summed E-state index contributed by atoms with van der Waals surface area (Å²) in [7, 11) is 0. The van der Waals surface area contributed by atoms with Gasteiger partial charge in [0.1, 0.15) is 12.2 Å². The number of carbonyl (C=O) groups is 1. The molecule has 0 saturated carbocycles. The van der Waals surface area contributed by atoms with Gasteiger partial charge in [0.2, 0.25) is 12.2 Å². The van der Waals surface area contributed by atoms with Crippen LogP contribution in [0.1, 0.15) is 18.9 Å². The zero-order chi connectivity index (χ0) is 24.9. The summed E-state index contributed by atoms with van der Waals surface area (Å²) in [5.41, 5.74) is 10.5. The lowest BCUT2D eigenvalue weighted by Crippen LogP contribution is -2.34. The minimum atomic E-state index is -0.376. The molecule has 5 aromatic rings. The van der Waals surface area contributed by atoms with E-state index in [1.165, 1.54) is 0 Å². The van der Waals surface area contributed by atoms with Crippen molar-refractivity contribution < 1.29 is 9.36 Å². The quantitative estimate of drug-likeness (QED) is 0.234. The third-order valence-electron chi connectivity index (χ3n) is 6.14. The van der Waals surface area contributed by atoms with Gasteiger partial charge in [-0.2, -0.15) is 0 Å². The standard InChI is InChI=1S/C28H27N7O/c1-2-34-24-16-10-9-15-23(24)26(27(34)22-13-7-4-8-14-22)31-32-28-33(18-17-25(29)36)20-30-35(28)19-21-11-5-3-6-12-21/h3-16,20H,2,17-19H2,1H3,(H-,29,36)/p+1. The normalized spacial score (nSPS) is 11.5. The number of azo groups is 1. The van der Waals surface area contributed by atoms with Crippen molar-refractivity contribution in [3.63, 3.8) is 0 Å². The fourth-order valence-corrected chi connectivity index (χ4v) is 4.44. The Morgan fingerprint density at radius 2 is 1.64 bits per heavy atom. The number of hydrogen-bond donors (Lipinski definition) is 1. The molecule has 1 amide bonds. The fourth-order valence-electron chi connectivity index (χ4n) is 4.44. The molecule has 0 aliphatic heterocycles. The van der Waals surface area contributed by atoms with Crippen molar-refractivity contribution in [1.29, 1.82) is 0 Å². The van der Waals surface area contributed by atoms with Crippen molar-refractivity contribution in [1.82, 2.24) is 14.3 Å². The number of fused-ring (bicyclic) bond motifs is 1. The van der Waals surface area contributed by atoms with Crippen LogP contribution in [0.3, 0.4) is 0 Å². The van der Waals surface area contributed by atoms with E-state index in [0.717, 1.165) is 40.0 Å². The van der Waals surface area contributed by atoms with Gasteiger partial charge < -0.3 is 10.3 Å². The number of para-hydroxylation sites is 1. The first-order valence-electron chi connectivity index (χ1n) is 12.0. The largest absolute Gasteiger partial charge is 0.404 e. The van der Waals surface area contributed by atoms with Gasteiger partial charge in [0.25, 0.3) is 0 Å². The van der Waals surface area contributed by atoms with Crippen LogP contribution in [-0.4, -0.2) is 20.3 Å².